The van der Waals surface area contributed by atoms with Crippen LogP contribution in [0.3, 0.4) is 0 Å². The smallest absolute Gasteiger partial charge is 0.257 e. The Morgan fingerprint density at radius 1 is 0.946 bits per heavy atom. The Morgan fingerprint density at radius 3 is 2.19 bits per heavy atom. The first-order valence-electron chi connectivity index (χ1n) is 11.8. The molecule has 0 radical (unpaired) electrons. The molecule has 11 heteroatoms. The van der Waals surface area contributed by atoms with Gasteiger partial charge in [0.1, 0.15) is 5.75 Å². The van der Waals surface area contributed by atoms with Crippen LogP contribution in [0.2, 0.25) is 0 Å². The Bertz CT molecular complexity index is 1160. The summed E-state index contributed by atoms with van der Waals surface area (Å²) in [5.41, 5.74) is 1.86. The molecule has 1 aromatic heterocycles. The third-order valence-corrected chi connectivity index (χ3v) is 6.57. The molecule has 2 aromatic carbocycles. The molecule has 0 saturated carbocycles. The second kappa shape index (κ2) is 14.3. The van der Waals surface area contributed by atoms with Crippen molar-refractivity contribution in [3.05, 3.63) is 53.0 Å². The highest BCUT2D eigenvalue weighted by Gasteiger charge is 2.19. The Kier molecular flexibility index (Phi) is 10.9. The quantitative estimate of drug-likeness (QED) is 0.275. The Labute approximate surface area is 224 Å². The zero-order valence-electron chi connectivity index (χ0n) is 21.3. The molecule has 0 unspecified atom stereocenters. The van der Waals surface area contributed by atoms with Crippen molar-refractivity contribution in [3.63, 3.8) is 0 Å². The maximum atomic E-state index is 13.0. The number of anilines is 2. The fraction of sp³-hybridized carbons (Fsp3) is 0.346. The zero-order chi connectivity index (χ0) is 26.6. The number of hydrogen-bond donors (Lipinski definition) is 2. The van der Waals surface area contributed by atoms with Crippen molar-refractivity contribution in [1.82, 2.24) is 4.98 Å². The number of amides is 2. The van der Waals surface area contributed by atoms with Crippen molar-refractivity contribution >= 4 is 45.7 Å². The minimum absolute atomic E-state index is 0.107. The van der Waals surface area contributed by atoms with E-state index in [2.05, 4.69) is 15.6 Å². The lowest BCUT2D eigenvalue weighted by Gasteiger charge is -2.16. The molecule has 0 saturated heterocycles. The Morgan fingerprint density at radius 2 is 1.59 bits per heavy atom. The summed E-state index contributed by atoms with van der Waals surface area (Å²) < 4.78 is 22.2. The fourth-order valence-electron chi connectivity index (χ4n) is 3.24. The summed E-state index contributed by atoms with van der Waals surface area (Å²) in [5, 5.41) is 8.00. The van der Waals surface area contributed by atoms with E-state index in [-0.39, 0.29) is 17.6 Å². The van der Waals surface area contributed by atoms with Gasteiger partial charge in [0.15, 0.2) is 16.6 Å². The normalized spacial score (nSPS) is 10.5. The Balaban J connectivity index is 1.56. The number of aromatic nitrogens is 1. The lowest BCUT2D eigenvalue weighted by atomic mass is 10.1. The van der Waals surface area contributed by atoms with E-state index in [1.165, 1.54) is 23.1 Å². The summed E-state index contributed by atoms with van der Waals surface area (Å²) in [4.78, 5) is 29.6. The monoisotopic (exact) mass is 545 g/mol. The van der Waals surface area contributed by atoms with Crippen LogP contribution in [0, 0.1) is 0 Å². The van der Waals surface area contributed by atoms with Crippen LogP contribution in [-0.2, 0) is 10.5 Å². The van der Waals surface area contributed by atoms with Gasteiger partial charge in [-0.2, -0.15) is 0 Å². The minimum atomic E-state index is -0.336. The molecule has 1 heterocycles. The van der Waals surface area contributed by atoms with Gasteiger partial charge in [0.2, 0.25) is 11.7 Å². The molecule has 3 rings (SSSR count). The van der Waals surface area contributed by atoms with E-state index >= 15 is 0 Å². The molecular weight excluding hydrogens is 514 g/mol. The van der Waals surface area contributed by atoms with Crippen LogP contribution in [0.1, 0.15) is 36.8 Å². The SMILES string of the molecule is CCOc1cc(C(=O)Nc2nc(CSCC(=O)Nc3ccc(OC)cc3)cs2)cc(OCC)c1OCC. The summed E-state index contributed by atoms with van der Waals surface area (Å²) in [6.45, 7) is 6.87. The largest absolute Gasteiger partial charge is 0.497 e. The van der Waals surface area contributed by atoms with Gasteiger partial charge in [0.25, 0.3) is 5.91 Å². The van der Waals surface area contributed by atoms with E-state index < -0.39 is 0 Å². The third kappa shape index (κ3) is 8.29. The summed E-state index contributed by atoms with van der Waals surface area (Å²) in [6.07, 6.45) is 0. The summed E-state index contributed by atoms with van der Waals surface area (Å²) in [6, 6.07) is 10.4. The topological polar surface area (TPSA) is 108 Å². The fourth-order valence-corrected chi connectivity index (χ4v) is 4.77. The van der Waals surface area contributed by atoms with Gasteiger partial charge < -0.3 is 24.3 Å². The van der Waals surface area contributed by atoms with E-state index in [4.69, 9.17) is 18.9 Å². The molecule has 0 fully saturated rings. The first-order chi connectivity index (χ1) is 18.0. The number of thiazole rings is 1. The predicted molar refractivity (Wildman–Crippen MR) is 148 cm³/mol. The number of methoxy groups -OCH3 is 1. The van der Waals surface area contributed by atoms with E-state index in [0.717, 1.165) is 11.4 Å². The van der Waals surface area contributed by atoms with Gasteiger partial charge in [0, 0.05) is 22.4 Å². The van der Waals surface area contributed by atoms with Gasteiger partial charge >= 0.3 is 0 Å². The van der Waals surface area contributed by atoms with E-state index in [0.29, 0.717) is 59.2 Å². The van der Waals surface area contributed by atoms with Crippen molar-refractivity contribution in [2.24, 2.45) is 0 Å². The zero-order valence-corrected chi connectivity index (χ0v) is 22.9. The molecule has 198 valence electrons. The highest BCUT2D eigenvalue weighted by atomic mass is 32.2. The van der Waals surface area contributed by atoms with Gasteiger partial charge in [-0.15, -0.1) is 23.1 Å². The van der Waals surface area contributed by atoms with E-state index in [9.17, 15) is 9.59 Å². The van der Waals surface area contributed by atoms with E-state index in [1.54, 1.807) is 43.5 Å². The van der Waals surface area contributed by atoms with Crippen LogP contribution in [0.25, 0.3) is 0 Å². The number of carbonyl (C=O) groups excluding carboxylic acids is 2. The number of rotatable bonds is 14. The molecule has 0 atom stereocenters. The van der Waals surface area contributed by atoms with Crippen LogP contribution in [0.5, 0.6) is 23.0 Å². The number of benzene rings is 2. The van der Waals surface area contributed by atoms with Gasteiger partial charge in [-0.25, -0.2) is 4.98 Å². The molecule has 0 aliphatic heterocycles. The highest BCUT2D eigenvalue weighted by molar-refractivity contribution is 7.99. The number of nitrogens with one attached hydrogen (secondary N) is 2. The van der Waals surface area contributed by atoms with Crippen LogP contribution >= 0.6 is 23.1 Å². The number of carbonyl (C=O) groups is 2. The van der Waals surface area contributed by atoms with Crippen molar-refractivity contribution in [3.8, 4) is 23.0 Å². The predicted octanol–water partition coefficient (Wildman–Crippen LogP) is 5.47. The molecular formula is C26H31N3O6S2. The van der Waals surface area contributed by atoms with Crippen molar-refractivity contribution in [2.75, 3.05) is 43.3 Å². The van der Waals surface area contributed by atoms with Gasteiger partial charge in [0.05, 0.1) is 38.4 Å². The van der Waals surface area contributed by atoms with Crippen molar-refractivity contribution < 1.29 is 28.5 Å². The molecule has 0 aliphatic rings. The maximum absolute atomic E-state index is 13.0. The molecule has 3 aromatic rings. The second-order valence-electron chi connectivity index (χ2n) is 7.47. The average molecular weight is 546 g/mol. The first-order valence-corrected chi connectivity index (χ1v) is 13.8. The molecule has 37 heavy (non-hydrogen) atoms. The average Bonchev–Trinajstić information content (AvgIpc) is 3.33. The van der Waals surface area contributed by atoms with Crippen LogP contribution in [-0.4, -0.2) is 49.5 Å². The molecule has 0 spiro atoms. The third-order valence-electron chi connectivity index (χ3n) is 4.80. The van der Waals surface area contributed by atoms with E-state index in [1.807, 2.05) is 26.2 Å². The minimum Gasteiger partial charge on any atom is -0.497 e. The number of hydrogen-bond acceptors (Lipinski definition) is 9. The van der Waals surface area contributed by atoms with Gasteiger partial charge in [-0.1, -0.05) is 0 Å². The van der Waals surface area contributed by atoms with Gasteiger partial charge in [-0.3, -0.25) is 14.9 Å². The van der Waals surface area contributed by atoms with Crippen LogP contribution in [0.4, 0.5) is 10.8 Å². The van der Waals surface area contributed by atoms with Crippen LogP contribution in [0.15, 0.2) is 41.8 Å². The lowest BCUT2D eigenvalue weighted by Crippen LogP contribution is -2.14. The van der Waals surface area contributed by atoms with Crippen LogP contribution < -0.4 is 29.6 Å². The molecule has 0 aliphatic carbocycles. The van der Waals surface area contributed by atoms with Crippen molar-refractivity contribution in [2.45, 2.75) is 26.5 Å². The van der Waals surface area contributed by atoms with Crippen molar-refractivity contribution in [1.29, 1.82) is 0 Å². The molecule has 9 nitrogen and oxygen atoms in total. The number of nitrogens with zero attached hydrogens (tertiary/aromatic N) is 1. The summed E-state index contributed by atoms with van der Waals surface area (Å²) >= 11 is 2.76. The second-order valence-corrected chi connectivity index (χ2v) is 9.31. The number of ether oxygens (including phenoxy) is 4. The first kappa shape index (κ1) is 28.1. The number of thioether (sulfide) groups is 1. The van der Waals surface area contributed by atoms with Gasteiger partial charge in [-0.05, 0) is 57.2 Å². The maximum Gasteiger partial charge on any atom is 0.257 e. The lowest BCUT2D eigenvalue weighted by molar-refractivity contribution is -0.113. The molecule has 0 bridgehead atoms. The molecule has 2 N–H and O–H groups in total. The molecule has 2 amide bonds. The standard InChI is InChI=1S/C26H31N3O6S2/c1-5-33-21-12-17(13-22(34-6-2)24(21)35-7-3)25(31)29-26-28-19(15-37-26)14-36-16-23(30)27-18-8-10-20(32-4)11-9-18/h8-13,15H,5-7,14,16H2,1-4H3,(H,27,30)(H,28,29,31). The Hall–Kier alpha value is -3.44. The highest BCUT2D eigenvalue weighted by Crippen LogP contribution is 2.39. The summed E-state index contributed by atoms with van der Waals surface area (Å²) in [5.74, 6) is 2.47. The summed E-state index contributed by atoms with van der Waals surface area (Å²) in [7, 11) is 1.59.